The van der Waals surface area contributed by atoms with E-state index in [1.54, 1.807) is 0 Å². The first-order valence-electron chi connectivity index (χ1n) is 9.06. The van der Waals surface area contributed by atoms with Crippen LogP contribution in [0.1, 0.15) is 44.9 Å². The molecule has 4 rings (SSSR count). The predicted octanol–water partition coefficient (Wildman–Crippen LogP) is 5.37. The number of furan rings is 1. The van der Waals surface area contributed by atoms with Crippen LogP contribution in [-0.2, 0) is 0 Å². The summed E-state index contributed by atoms with van der Waals surface area (Å²) in [6, 6.07) is 8.58. The number of aryl methyl sites for hydroxylation is 1. The van der Waals surface area contributed by atoms with Gasteiger partial charge >= 0.3 is 0 Å². The lowest BCUT2D eigenvalue weighted by Gasteiger charge is -2.29. The summed E-state index contributed by atoms with van der Waals surface area (Å²) in [6.07, 6.45) is 4.58. The lowest BCUT2D eigenvalue weighted by Crippen LogP contribution is -2.36. The van der Waals surface area contributed by atoms with Gasteiger partial charge in [0.05, 0.1) is 5.69 Å². The number of benzene rings is 1. The molecule has 3 aromatic rings. The van der Waals surface area contributed by atoms with E-state index in [2.05, 4.69) is 81.1 Å². The molecule has 0 amide bonds. The molecular weight excluding hydrogens is 310 g/mol. The van der Waals surface area contributed by atoms with Crippen LogP contribution in [0.25, 0.3) is 22.1 Å². The minimum atomic E-state index is 0.279. The van der Waals surface area contributed by atoms with Crippen LogP contribution in [-0.4, -0.2) is 22.6 Å². The van der Waals surface area contributed by atoms with Crippen molar-refractivity contribution in [2.45, 2.75) is 46.7 Å². The van der Waals surface area contributed by atoms with Gasteiger partial charge in [-0.25, -0.2) is 4.98 Å². The fourth-order valence-corrected chi connectivity index (χ4v) is 3.66. The average Bonchev–Trinajstić information content (AvgIpc) is 3.14. The number of anilines is 1. The molecule has 1 aliphatic heterocycles. The van der Waals surface area contributed by atoms with Crippen molar-refractivity contribution < 1.29 is 4.42 Å². The summed E-state index contributed by atoms with van der Waals surface area (Å²) < 4.78 is 6.28. The summed E-state index contributed by atoms with van der Waals surface area (Å²) >= 11 is 0. The van der Waals surface area contributed by atoms with Crippen LogP contribution in [0, 0.1) is 6.92 Å². The van der Waals surface area contributed by atoms with Gasteiger partial charge in [0.1, 0.15) is 6.17 Å². The van der Waals surface area contributed by atoms with Gasteiger partial charge in [0.15, 0.2) is 5.58 Å². The number of hydrogen-bond donors (Lipinski definition) is 0. The number of aromatic nitrogens is 1. The molecule has 0 saturated heterocycles. The Hall–Kier alpha value is -2.49. The fourth-order valence-electron chi connectivity index (χ4n) is 3.66. The van der Waals surface area contributed by atoms with Crippen molar-refractivity contribution in [1.29, 1.82) is 0 Å². The van der Waals surface area contributed by atoms with Crippen molar-refractivity contribution >= 4 is 27.8 Å². The van der Waals surface area contributed by atoms with Crippen molar-refractivity contribution in [2.24, 2.45) is 0 Å². The van der Waals surface area contributed by atoms with Crippen molar-refractivity contribution in [1.82, 2.24) is 9.88 Å². The second-order valence-corrected chi connectivity index (χ2v) is 7.12. The third-order valence-corrected chi connectivity index (χ3v) is 5.22. The molecule has 3 heterocycles. The number of nitrogens with zero attached hydrogens (tertiary/aromatic N) is 3. The maximum absolute atomic E-state index is 6.28. The molecular formula is C21H25N3O. The van der Waals surface area contributed by atoms with Crippen LogP contribution >= 0.6 is 0 Å². The van der Waals surface area contributed by atoms with Crippen LogP contribution in [0.3, 0.4) is 0 Å². The Morgan fingerprint density at radius 1 is 1.12 bits per heavy atom. The molecule has 0 unspecified atom stereocenters. The maximum Gasteiger partial charge on any atom is 0.227 e. The molecule has 0 saturated carbocycles. The van der Waals surface area contributed by atoms with E-state index in [0.717, 1.165) is 40.0 Å². The molecule has 0 spiro atoms. The molecule has 25 heavy (non-hydrogen) atoms. The van der Waals surface area contributed by atoms with Gasteiger partial charge < -0.3 is 14.2 Å². The number of fused-ring (bicyclic) bond motifs is 3. The van der Waals surface area contributed by atoms with Crippen LogP contribution in [0.4, 0.5) is 5.69 Å². The second kappa shape index (κ2) is 5.80. The largest absolute Gasteiger partial charge is 0.435 e. The van der Waals surface area contributed by atoms with E-state index >= 15 is 0 Å². The lowest BCUT2D eigenvalue weighted by atomic mass is 10.1. The molecule has 0 aliphatic carbocycles. The van der Waals surface area contributed by atoms with E-state index in [-0.39, 0.29) is 6.17 Å². The van der Waals surface area contributed by atoms with E-state index in [9.17, 15) is 0 Å². The van der Waals surface area contributed by atoms with Gasteiger partial charge in [0.2, 0.25) is 5.71 Å². The maximum atomic E-state index is 6.28. The van der Waals surface area contributed by atoms with Crippen LogP contribution in [0.2, 0.25) is 0 Å². The molecule has 0 bridgehead atoms. The minimum Gasteiger partial charge on any atom is -0.435 e. The monoisotopic (exact) mass is 335 g/mol. The van der Waals surface area contributed by atoms with Gasteiger partial charge in [-0.15, -0.1) is 0 Å². The molecule has 0 N–H and O–H groups in total. The zero-order valence-electron chi connectivity index (χ0n) is 15.6. The molecule has 0 fully saturated rings. The van der Waals surface area contributed by atoms with Gasteiger partial charge in [-0.2, -0.15) is 0 Å². The highest BCUT2D eigenvalue weighted by molar-refractivity contribution is 6.08. The molecule has 4 heteroatoms. The summed E-state index contributed by atoms with van der Waals surface area (Å²) in [5.41, 5.74) is 5.08. The first-order chi connectivity index (χ1) is 12.0. The van der Waals surface area contributed by atoms with Crippen LogP contribution < -0.4 is 4.90 Å². The van der Waals surface area contributed by atoms with Crippen molar-refractivity contribution in [3.63, 3.8) is 0 Å². The summed E-state index contributed by atoms with van der Waals surface area (Å²) in [5.74, 6) is 0.387. The Kier molecular flexibility index (Phi) is 3.71. The van der Waals surface area contributed by atoms with Gasteiger partial charge in [0.25, 0.3) is 0 Å². The topological polar surface area (TPSA) is 32.5 Å². The predicted molar refractivity (Wildman–Crippen MR) is 104 cm³/mol. The van der Waals surface area contributed by atoms with Crippen molar-refractivity contribution in [3.8, 4) is 0 Å². The zero-order valence-corrected chi connectivity index (χ0v) is 15.6. The number of hydrogen-bond acceptors (Lipinski definition) is 4. The Labute approximate surface area is 148 Å². The second-order valence-electron chi connectivity index (χ2n) is 7.12. The van der Waals surface area contributed by atoms with E-state index < -0.39 is 0 Å². The summed E-state index contributed by atoms with van der Waals surface area (Å²) in [4.78, 5) is 9.36. The fraction of sp³-hybridized carbons (Fsp3) is 0.381. The van der Waals surface area contributed by atoms with E-state index in [1.165, 1.54) is 5.56 Å². The third-order valence-electron chi connectivity index (χ3n) is 5.22. The van der Waals surface area contributed by atoms with Gasteiger partial charge in [-0.1, -0.05) is 26.0 Å². The highest BCUT2D eigenvalue weighted by Gasteiger charge is 2.26. The van der Waals surface area contributed by atoms with Crippen LogP contribution in [0.15, 0.2) is 41.1 Å². The average molecular weight is 335 g/mol. The minimum absolute atomic E-state index is 0.279. The molecule has 1 aliphatic rings. The quantitative estimate of drug-likeness (QED) is 0.644. The van der Waals surface area contributed by atoms with Crippen LogP contribution in [0.5, 0.6) is 0 Å². The normalized spacial score (nSPS) is 17.6. The molecule has 0 radical (unpaired) electrons. The first-order valence-corrected chi connectivity index (χ1v) is 9.06. The molecule has 2 aromatic heterocycles. The summed E-state index contributed by atoms with van der Waals surface area (Å²) in [7, 11) is 0. The summed E-state index contributed by atoms with van der Waals surface area (Å²) in [6.45, 7) is 11.8. The zero-order chi connectivity index (χ0) is 17.7. The Balaban J connectivity index is 1.94. The molecule has 4 nitrogen and oxygen atoms in total. The van der Waals surface area contributed by atoms with Crippen molar-refractivity contribution in [2.75, 3.05) is 11.4 Å². The molecule has 1 aromatic carbocycles. The van der Waals surface area contributed by atoms with E-state index in [1.807, 2.05) is 0 Å². The Morgan fingerprint density at radius 2 is 1.88 bits per heavy atom. The highest BCUT2D eigenvalue weighted by atomic mass is 16.3. The Morgan fingerprint density at radius 3 is 2.56 bits per heavy atom. The van der Waals surface area contributed by atoms with Gasteiger partial charge in [-0.05, 0) is 44.4 Å². The van der Waals surface area contributed by atoms with Gasteiger partial charge in [0, 0.05) is 35.4 Å². The van der Waals surface area contributed by atoms with Gasteiger partial charge in [-0.3, -0.25) is 0 Å². The van der Waals surface area contributed by atoms with E-state index in [4.69, 9.17) is 9.40 Å². The highest BCUT2D eigenvalue weighted by Crippen LogP contribution is 2.39. The number of pyridine rings is 1. The molecule has 130 valence electrons. The standard InChI is InChI=1S/C21H25N3O/c1-6-23-11-12-24(15(23)5)19-14(4)7-8-16-17-9-10-18(13(2)3)22-21(17)25-20(16)19/h7-13,15H,6H2,1-5H3/t15-/m0/s1. The number of rotatable bonds is 3. The van der Waals surface area contributed by atoms with E-state index in [0.29, 0.717) is 5.92 Å². The first kappa shape index (κ1) is 16.0. The Bertz CT molecular complexity index is 970. The SMILES string of the molecule is CCN1C=CN(c2c(C)ccc3c2oc2nc(C(C)C)ccc23)[C@H]1C. The smallest absolute Gasteiger partial charge is 0.227 e. The lowest BCUT2D eigenvalue weighted by molar-refractivity contribution is 0.334. The van der Waals surface area contributed by atoms with Crippen molar-refractivity contribution in [3.05, 3.63) is 47.9 Å². The summed E-state index contributed by atoms with van der Waals surface area (Å²) in [5, 5.41) is 2.22. The third kappa shape index (κ3) is 2.39. The molecule has 1 atom stereocenters.